The zero-order valence-electron chi connectivity index (χ0n) is 20.5. The molecule has 0 amide bonds. The van der Waals surface area contributed by atoms with Gasteiger partial charge in [0, 0.05) is 18.6 Å². The summed E-state index contributed by atoms with van der Waals surface area (Å²) in [6.45, 7) is 1.28. The van der Waals surface area contributed by atoms with Gasteiger partial charge < -0.3 is 29.5 Å². The van der Waals surface area contributed by atoms with Gasteiger partial charge in [0.05, 0.1) is 49.4 Å². The number of halogens is 3. The number of hydrogen-bond donors (Lipinski definition) is 3. The first kappa shape index (κ1) is 28.0. The molecule has 3 heterocycles. The highest BCUT2D eigenvalue weighted by Gasteiger charge is 2.38. The van der Waals surface area contributed by atoms with Crippen LogP contribution in [-0.4, -0.2) is 78.2 Å². The zero-order valence-corrected chi connectivity index (χ0v) is 20.5. The maximum absolute atomic E-state index is 13.7. The number of aliphatic hydroxyl groups is 3. The lowest BCUT2D eigenvalue weighted by molar-refractivity contribution is -0.141. The number of benzene rings is 1. The number of aryl methyl sites for hydroxylation is 1. The summed E-state index contributed by atoms with van der Waals surface area (Å²) < 4.78 is 59.2. The van der Waals surface area contributed by atoms with E-state index < -0.39 is 30.7 Å². The van der Waals surface area contributed by atoms with E-state index in [-0.39, 0.29) is 49.2 Å². The molecule has 0 saturated heterocycles. The van der Waals surface area contributed by atoms with Crippen LogP contribution < -0.4 is 4.74 Å². The van der Waals surface area contributed by atoms with E-state index in [1.54, 1.807) is 13.0 Å². The van der Waals surface area contributed by atoms with Crippen LogP contribution in [0.25, 0.3) is 16.9 Å². The molecule has 0 aliphatic rings. The van der Waals surface area contributed by atoms with Crippen molar-refractivity contribution in [3.05, 3.63) is 59.8 Å². The van der Waals surface area contributed by atoms with Gasteiger partial charge in [-0.2, -0.15) is 18.3 Å². The minimum Gasteiger partial charge on any atom is -0.460 e. The van der Waals surface area contributed by atoms with Crippen molar-refractivity contribution >= 4 is 11.6 Å². The van der Waals surface area contributed by atoms with E-state index in [0.717, 1.165) is 10.9 Å². The standard InChI is InChI=1S/C24H24F3N5O7/c1-14-10-15(2-3-16(14)23(36)38-9-8-37-7-6-33)39-22-21-29-11-18(32(21)5-4-28-22)17-12-31(13-19(34)35)30-20(17)24(25,26)27/h2-5,10-12,19,33-35H,6-9,13H2,1H3. The van der Waals surface area contributed by atoms with E-state index in [1.807, 2.05) is 0 Å². The maximum Gasteiger partial charge on any atom is 0.435 e. The van der Waals surface area contributed by atoms with Crippen molar-refractivity contribution in [3.8, 4) is 22.9 Å². The Morgan fingerprint density at radius 1 is 1.15 bits per heavy atom. The Kier molecular flexibility index (Phi) is 8.44. The summed E-state index contributed by atoms with van der Waals surface area (Å²) in [5.74, 6) is -0.285. The molecule has 15 heteroatoms. The quantitative estimate of drug-likeness (QED) is 0.144. The number of ether oxygens (including phenoxy) is 3. The first-order chi connectivity index (χ1) is 18.6. The van der Waals surface area contributed by atoms with Crippen LogP contribution in [0.15, 0.2) is 43.0 Å². The maximum atomic E-state index is 13.7. The molecule has 12 nitrogen and oxygen atoms in total. The van der Waals surface area contributed by atoms with Gasteiger partial charge in [0.25, 0.3) is 5.88 Å². The number of alkyl halides is 3. The lowest BCUT2D eigenvalue weighted by atomic mass is 10.1. The number of carbonyl (C=O) groups excluding carboxylic acids is 1. The number of carbonyl (C=O) groups is 1. The van der Waals surface area contributed by atoms with Crippen molar-refractivity contribution < 1.29 is 47.5 Å². The molecule has 0 radical (unpaired) electrons. The Bertz CT molecular complexity index is 1450. The largest absolute Gasteiger partial charge is 0.460 e. The normalized spacial score (nSPS) is 11.9. The van der Waals surface area contributed by atoms with Gasteiger partial charge >= 0.3 is 12.1 Å². The molecule has 0 aliphatic heterocycles. The lowest BCUT2D eigenvalue weighted by Gasteiger charge is -2.11. The molecule has 3 N–H and O–H groups in total. The number of esters is 1. The lowest BCUT2D eigenvalue weighted by Crippen LogP contribution is -2.16. The van der Waals surface area contributed by atoms with Crippen LogP contribution in [0.4, 0.5) is 13.2 Å². The predicted molar refractivity (Wildman–Crippen MR) is 127 cm³/mol. The van der Waals surface area contributed by atoms with E-state index in [1.165, 1.54) is 35.1 Å². The summed E-state index contributed by atoms with van der Waals surface area (Å²) in [5, 5.41) is 30.5. The van der Waals surface area contributed by atoms with Crippen molar-refractivity contribution in [2.45, 2.75) is 25.9 Å². The van der Waals surface area contributed by atoms with Crippen molar-refractivity contribution in [1.82, 2.24) is 24.1 Å². The number of fused-ring (bicyclic) bond motifs is 1. The first-order valence-electron chi connectivity index (χ1n) is 11.6. The highest BCUT2D eigenvalue weighted by atomic mass is 19.4. The summed E-state index contributed by atoms with van der Waals surface area (Å²) >= 11 is 0. The smallest absolute Gasteiger partial charge is 0.435 e. The Labute approximate surface area is 218 Å². The SMILES string of the molecule is Cc1cc(Oc2nccn3c(-c4cn(CC(O)O)nc4C(F)(F)F)cnc23)ccc1C(=O)OCCOCCO. The van der Waals surface area contributed by atoms with Crippen molar-refractivity contribution in [3.63, 3.8) is 0 Å². The average molecular weight is 551 g/mol. The summed E-state index contributed by atoms with van der Waals surface area (Å²) in [7, 11) is 0. The molecule has 0 atom stereocenters. The number of hydrogen-bond acceptors (Lipinski definition) is 10. The van der Waals surface area contributed by atoms with Gasteiger partial charge in [0.15, 0.2) is 12.0 Å². The molecule has 0 aliphatic carbocycles. The van der Waals surface area contributed by atoms with Crippen molar-refractivity contribution in [1.29, 1.82) is 0 Å². The fourth-order valence-corrected chi connectivity index (χ4v) is 3.72. The number of nitrogens with zero attached hydrogens (tertiary/aromatic N) is 5. The number of aromatic nitrogens is 5. The van der Waals surface area contributed by atoms with E-state index in [2.05, 4.69) is 15.1 Å². The minimum atomic E-state index is -4.82. The fourth-order valence-electron chi connectivity index (χ4n) is 3.72. The molecule has 3 aromatic heterocycles. The van der Waals surface area contributed by atoms with E-state index in [4.69, 9.17) is 29.5 Å². The van der Waals surface area contributed by atoms with Crippen LogP contribution in [0.3, 0.4) is 0 Å². The fraction of sp³-hybridized carbons (Fsp3) is 0.333. The van der Waals surface area contributed by atoms with Gasteiger partial charge in [0.2, 0.25) is 5.65 Å². The van der Waals surface area contributed by atoms with Gasteiger partial charge in [-0.3, -0.25) is 9.08 Å². The van der Waals surface area contributed by atoms with Crippen LogP contribution in [0, 0.1) is 6.92 Å². The Morgan fingerprint density at radius 3 is 2.64 bits per heavy atom. The second-order valence-corrected chi connectivity index (χ2v) is 8.21. The second kappa shape index (κ2) is 11.8. The van der Waals surface area contributed by atoms with Crippen LogP contribution >= 0.6 is 0 Å². The Morgan fingerprint density at radius 2 is 1.95 bits per heavy atom. The molecule has 1 aromatic carbocycles. The Hall–Kier alpha value is -4.05. The van der Waals surface area contributed by atoms with E-state index in [0.29, 0.717) is 16.9 Å². The van der Waals surface area contributed by atoms with Gasteiger partial charge in [-0.1, -0.05) is 0 Å². The third-order valence-corrected chi connectivity index (χ3v) is 5.38. The first-order valence-corrected chi connectivity index (χ1v) is 11.6. The number of aliphatic hydroxyl groups excluding tert-OH is 2. The topological polar surface area (TPSA) is 153 Å². The van der Waals surface area contributed by atoms with Crippen LogP contribution in [0.1, 0.15) is 21.6 Å². The predicted octanol–water partition coefficient (Wildman–Crippen LogP) is 2.19. The number of rotatable bonds is 11. The molecular formula is C24H24F3N5O7. The van der Waals surface area contributed by atoms with Gasteiger partial charge in [-0.05, 0) is 30.7 Å². The molecule has 0 saturated carbocycles. The third kappa shape index (κ3) is 6.51. The van der Waals surface area contributed by atoms with E-state index in [9.17, 15) is 18.0 Å². The van der Waals surface area contributed by atoms with Crippen molar-refractivity contribution in [2.75, 3.05) is 26.4 Å². The minimum absolute atomic E-state index is 0.00811. The van der Waals surface area contributed by atoms with E-state index >= 15 is 0 Å². The zero-order chi connectivity index (χ0) is 28.2. The molecule has 0 spiro atoms. The third-order valence-electron chi connectivity index (χ3n) is 5.38. The van der Waals surface area contributed by atoms with Gasteiger partial charge in [0.1, 0.15) is 12.4 Å². The molecule has 4 aromatic rings. The molecular weight excluding hydrogens is 527 g/mol. The highest BCUT2D eigenvalue weighted by Crippen LogP contribution is 2.37. The molecule has 39 heavy (non-hydrogen) atoms. The second-order valence-electron chi connectivity index (χ2n) is 8.21. The van der Waals surface area contributed by atoms with Crippen LogP contribution in [0.2, 0.25) is 0 Å². The van der Waals surface area contributed by atoms with Crippen LogP contribution in [0.5, 0.6) is 11.6 Å². The van der Waals surface area contributed by atoms with Gasteiger partial charge in [-0.15, -0.1) is 0 Å². The average Bonchev–Trinajstić information content (AvgIpc) is 3.48. The summed E-state index contributed by atoms with van der Waals surface area (Å²) in [5.41, 5.74) is -0.572. The molecule has 0 unspecified atom stereocenters. The highest BCUT2D eigenvalue weighted by molar-refractivity contribution is 5.91. The molecule has 0 fully saturated rings. The molecule has 0 bridgehead atoms. The van der Waals surface area contributed by atoms with Crippen molar-refractivity contribution in [2.24, 2.45) is 0 Å². The molecule has 4 rings (SSSR count). The summed E-state index contributed by atoms with van der Waals surface area (Å²) in [6, 6.07) is 4.57. The van der Waals surface area contributed by atoms with Crippen LogP contribution in [-0.2, 0) is 22.2 Å². The molecule has 208 valence electrons. The summed E-state index contributed by atoms with van der Waals surface area (Å²) in [4.78, 5) is 20.6. The Balaban J connectivity index is 1.58. The number of imidazole rings is 1. The monoisotopic (exact) mass is 551 g/mol. The summed E-state index contributed by atoms with van der Waals surface area (Å²) in [6.07, 6.45) is -1.74. The van der Waals surface area contributed by atoms with Gasteiger partial charge in [-0.25, -0.2) is 14.8 Å².